The SMILES string of the molecule is CCc1[nH]c2nc(SC3=CCC=C4CC=CC=NC4=C3)nc(N3CC(NC(=O)C4CC4)C3)c2c1Cl. The van der Waals surface area contributed by atoms with E-state index in [2.05, 4.69) is 51.4 Å². The highest BCUT2D eigenvalue weighted by Gasteiger charge is 2.36. The van der Waals surface area contributed by atoms with Crippen LogP contribution in [0.4, 0.5) is 5.82 Å². The standard InChI is InChI=1S/C26H27ClN6OS/c1-2-19-22(27)21-23(30-19)31-26(32-24(21)33-13-17(14-33)29-25(34)16-9-10-16)35-18-8-5-7-15-6-3-4-11-28-20(15)12-18/h3-4,7-8,11-12,16-17H,2,5-6,9-10,13-14H2,1H3,(H,29,34)(H,30,31,32). The molecule has 2 fully saturated rings. The van der Waals surface area contributed by atoms with Gasteiger partial charge in [0.25, 0.3) is 0 Å². The Morgan fingerprint density at radius 1 is 1.29 bits per heavy atom. The number of rotatable bonds is 6. The quantitative estimate of drug-likeness (QED) is 0.532. The molecule has 4 aliphatic rings. The molecular formula is C26H27ClN6OS. The topological polar surface area (TPSA) is 86.3 Å². The van der Waals surface area contributed by atoms with E-state index in [4.69, 9.17) is 21.6 Å². The Morgan fingerprint density at radius 3 is 2.94 bits per heavy atom. The van der Waals surface area contributed by atoms with Gasteiger partial charge in [0.2, 0.25) is 5.91 Å². The molecule has 0 bridgehead atoms. The predicted octanol–water partition coefficient (Wildman–Crippen LogP) is 5.11. The monoisotopic (exact) mass is 506 g/mol. The van der Waals surface area contributed by atoms with Gasteiger partial charge in [0.1, 0.15) is 11.5 Å². The lowest BCUT2D eigenvalue weighted by Gasteiger charge is -2.40. The van der Waals surface area contributed by atoms with E-state index in [1.807, 2.05) is 12.3 Å². The minimum absolute atomic E-state index is 0.146. The molecule has 1 saturated heterocycles. The second-order valence-electron chi connectivity index (χ2n) is 9.32. The molecular weight excluding hydrogens is 480 g/mol. The fourth-order valence-corrected chi connectivity index (χ4v) is 5.75. The van der Waals surface area contributed by atoms with E-state index in [1.165, 1.54) is 5.57 Å². The summed E-state index contributed by atoms with van der Waals surface area (Å²) in [6.45, 7) is 3.51. The van der Waals surface area contributed by atoms with Crippen LogP contribution in [-0.2, 0) is 11.2 Å². The average Bonchev–Trinajstić information content (AvgIpc) is 3.64. The molecule has 35 heavy (non-hydrogen) atoms. The van der Waals surface area contributed by atoms with E-state index in [9.17, 15) is 4.79 Å². The van der Waals surface area contributed by atoms with E-state index >= 15 is 0 Å². The highest BCUT2D eigenvalue weighted by Crippen LogP contribution is 2.39. The molecule has 0 radical (unpaired) electrons. The van der Waals surface area contributed by atoms with Crippen molar-refractivity contribution in [1.29, 1.82) is 0 Å². The van der Waals surface area contributed by atoms with Crippen LogP contribution in [0.5, 0.6) is 0 Å². The first kappa shape index (κ1) is 22.6. The van der Waals surface area contributed by atoms with Crippen LogP contribution in [0.2, 0.25) is 5.02 Å². The molecule has 180 valence electrons. The highest BCUT2D eigenvalue weighted by molar-refractivity contribution is 8.03. The van der Waals surface area contributed by atoms with Crippen LogP contribution < -0.4 is 10.2 Å². The summed E-state index contributed by atoms with van der Waals surface area (Å²) >= 11 is 8.29. The minimum atomic E-state index is 0.146. The summed E-state index contributed by atoms with van der Waals surface area (Å²) in [5.41, 5.74) is 3.94. The number of aliphatic imine (C=N–C) groups is 1. The van der Waals surface area contributed by atoms with Crippen molar-refractivity contribution >= 4 is 52.3 Å². The fourth-order valence-electron chi connectivity index (χ4n) is 4.57. The normalized spacial score (nSPS) is 19.9. The van der Waals surface area contributed by atoms with E-state index in [-0.39, 0.29) is 17.9 Å². The largest absolute Gasteiger partial charge is 0.352 e. The van der Waals surface area contributed by atoms with Gasteiger partial charge in [-0.05, 0) is 61.6 Å². The average molecular weight is 507 g/mol. The van der Waals surface area contributed by atoms with Crippen LogP contribution in [-0.4, -0.2) is 46.2 Å². The van der Waals surface area contributed by atoms with Crippen molar-refractivity contribution in [2.45, 2.75) is 50.2 Å². The highest BCUT2D eigenvalue weighted by atomic mass is 35.5. The number of fused-ring (bicyclic) bond motifs is 2. The summed E-state index contributed by atoms with van der Waals surface area (Å²) in [4.78, 5) is 33.2. The first-order valence-corrected chi connectivity index (χ1v) is 13.4. The number of aromatic nitrogens is 3. The van der Waals surface area contributed by atoms with Crippen molar-refractivity contribution in [1.82, 2.24) is 20.3 Å². The van der Waals surface area contributed by atoms with E-state index in [0.29, 0.717) is 10.2 Å². The van der Waals surface area contributed by atoms with Gasteiger partial charge in [-0.2, -0.15) is 0 Å². The fraction of sp³-hybridized carbons (Fsp3) is 0.385. The smallest absolute Gasteiger partial charge is 0.223 e. The van der Waals surface area contributed by atoms with Crippen molar-refractivity contribution in [2.75, 3.05) is 18.0 Å². The van der Waals surface area contributed by atoms with Gasteiger partial charge in [-0.25, -0.2) is 9.97 Å². The molecule has 1 amide bonds. The van der Waals surface area contributed by atoms with Crippen molar-refractivity contribution in [3.63, 3.8) is 0 Å². The van der Waals surface area contributed by atoms with E-state index < -0.39 is 0 Å². The van der Waals surface area contributed by atoms with Crippen LogP contribution in [0.3, 0.4) is 0 Å². The van der Waals surface area contributed by atoms with Crippen LogP contribution in [0, 0.1) is 5.92 Å². The first-order chi connectivity index (χ1) is 17.1. The maximum absolute atomic E-state index is 12.2. The summed E-state index contributed by atoms with van der Waals surface area (Å²) in [7, 11) is 0. The molecule has 7 nitrogen and oxygen atoms in total. The number of anilines is 1. The first-order valence-electron chi connectivity index (χ1n) is 12.2. The number of allylic oxidation sites excluding steroid dienone is 6. The lowest BCUT2D eigenvalue weighted by Crippen LogP contribution is -2.60. The van der Waals surface area contributed by atoms with Crippen molar-refractivity contribution in [3.05, 3.63) is 57.3 Å². The van der Waals surface area contributed by atoms with E-state index in [1.54, 1.807) is 11.8 Å². The van der Waals surface area contributed by atoms with Gasteiger partial charge in [-0.15, -0.1) is 0 Å². The second-order valence-corrected chi connectivity index (χ2v) is 10.7. The number of aromatic amines is 1. The van der Waals surface area contributed by atoms with Crippen LogP contribution in [0.15, 0.2) is 56.7 Å². The number of H-pyrrole nitrogens is 1. The number of aryl methyl sites for hydroxylation is 1. The summed E-state index contributed by atoms with van der Waals surface area (Å²) in [5.74, 6) is 1.23. The van der Waals surface area contributed by atoms with Crippen LogP contribution in [0.1, 0.15) is 38.3 Å². The number of nitrogens with zero attached hydrogens (tertiary/aromatic N) is 4. The summed E-state index contributed by atoms with van der Waals surface area (Å²) in [6.07, 6.45) is 17.1. The molecule has 2 aromatic rings. The summed E-state index contributed by atoms with van der Waals surface area (Å²) in [5, 5.41) is 5.37. The van der Waals surface area contributed by atoms with Crippen LogP contribution in [0.25, 0.3) is 11.0 Å². The third kappa shape index (κ3) is 4.57. The Bertz CT molecular complexity index is 1340. The number of thioether (sulfide) groups is 1. The molecule has 4 heterocycles. The number of carbonyl (C=O) groups excluding carboxylic acids is 1. The van der Waals surface area contributed by atoms with Crippen molar-refractivity contribution in [2.24, 2.45) is 10.9 Å². The molecule has 9 heteroatoms. The van der Waals surface area contributed by atoms with Gasteiger partial charge >= 0.3 is 0 Å². The van der Waals surface area contributed by atoms with Gasteiger partial charge in [0.05, 0.1) is 22.1 Å². The molecule has 0 atom stereocenters. The molecule has 6 rings (SSSR count). The van der Waals surface area contributed by atoms with Crippen LogP contribution >= 0.6 is 23.4 Å². The Kier molecular flexibility index (Phi) is 6.02. The minimum Gasteiger partial charge on any atom is -0.352 e. The maximum atomic E-state index is 12.2. The third-order valence-corrected chi connectivity index (χ3v) is 8.03. The summed E-state index contributed by atoms with van der Waals surface area (Å²) in [6, 6.07) is 0.146. The van der Waals surface area contributed by atoms with Gasteiger partial charge < -0.3 is 15.2 Å². The van der Waals surface area contributed by atoms with Crippen molar-refractivity contribution in [3.8, 4) is 0 Å². The molecule has 2 aliphatic heterocycles. The molecule has 2 N–H and O–H groups in total. The Morgan fingerprint density at radius 2 is 2.14 bits per heavy atom. The van der Waals surface area contributed by atoms with Gasteiger partial charge in [-0.3, -0.25) is 9.79 Å². The zero-order chi connectivity index (χ0) is 23.9. The van der Waals surface area contributed by atoms with Gasteiger partial charge in [0, 0.05) is 35.8 Å². The number of amides is 1. The molecule has 2 aromatic heterocycles. The maximum Gasteiger partial charge on any atom is 0.223 e. The van der Waals surface area contributed by atoms with Crippen molar-refractivity contribution < 1.29 is 4.79 Å². The summed E-state index contributed by atoms with van der Waals surface area (Å²) < 4.78 is 0. The molecule has 1 saturated carbocycles. The van der Waals surface area contributed by atoms with Gasteiger partial charge in [-0.1, -0.05) is 36.8 Å². The Balaban J connectivity index is 1.28. The zero-order valence-corrected chi connectivity index (χ0v) is 21.1. The Labute approximate surface area is 213 Å². The molecule has 0 spiro atoms. The Hall–Kier alpha value is -2.84. The van der Waals surface area contributed by atoms with E-state index in [0.717, 1.165) is 78.3 Å². The molecule has 0 aromatic carbocycles. The number of hydrogen-bond acceptors (Lipinski definition) is 6. The van der Waals surface area contributed by atoms with Gasteiger partial charge in [0.15, 0.2) is 5.16 Å². The lowest BCUT2D eigenvalue weighted by atomic mass is 10.1. The number of hydrogen-bond donors (Lipinski definition) is 2. The molecule has 0 unspecified atom stereocenters. The third-order valence-electron chi connectivity index (χ3n) is 6.73. The lowest BCUT2D eigenvalue weighted by molar-refractivity contribution is -0.123. The number of carbonyl (C=O) groups is 1. The predicted molar refractivity (Wildman–Crippen MR) is 142 cm³/mol. The number of nitrogens with one attached hydrogen (secondary N) is 2. The zero-order valence-electron chi connectivity index (χ0n) is 19.6. The number of halogens is 1. The molecule has 2 aliphatic carbocycles. The second kappa shape index (κ2) is 9.32.